The molecule has 3 nitrogen and oxygen atoms in total. The second-order valence-corrected chi connectivity index (χ2v) is 5.09. The first-order valence-electron chi connectivity index (χ1n) is 6.47. The molecule has 2 aliphatic carbocycles. The summed E-state index contributed by atoms with van der Waals surface area (Å²) in [7, 11) is 0. The van der Waals surface area contributed by atoms with Gasteiger partial charge in [-0.05, 0) is 31.6 Å². The SMILES string of the molecule is NC1CCCCC1NC(=O)CC1C=CCC1. The number of rotatable bonds is 3. The van der Waals surface area contributed by atoms with Crippen LogP contribution in [0.1, 0.15) is 44.9 Å². The van der Waals surface area contributed by atoms with Gasteiger partial charge in [0.25, 0.3) is 0 Å². The average Bonchev–Trinajstić information content (AvgIpc) is 2.74. The van der Waals surface area contributed by atoms with Crippen LogP contribution in [-0.4, -0.2) is 18.0 Å². The molecule has 0 bridgehead atoms. The van der Waals surface area contributed by atoms with E-state index < -0.39 is 0 Å². The fourth-order valence-corrected chi connectivity index (χ4v) is 2.71. The Morgan fingerprint density at radius 1 is 1.31 bits per heavy atom. The largest absolute Gasteiger partial charge is 0.352 e. The summed E-state index contributed by atoms with van der Waals surface area (Å²) in [6.07, 6.45) is 11.7. The summed E-state index contributed by atoms with van der Waals surface area (Å²) in [4.78, 5) is 11.8. The number of nitrogens with two attached hydrogens (primary N) is 1. The Morgan fingerprint density at radius 3 is 2.81 bits per heavy atom. The van der Waals surface area contributed by atoms with E-state index in [0.717, 1.165) is 25.7 Å². The van der Waals surface area contributed by atoms with Crippen LogP contribution < -0.4 is 11.1 Å². The van der Waals surface area contributed by atoms with Gasteiger partial charge in [-0.3, -0.25) is 4.79 Å². The number of nitrogens with one attached hydrogen (secondary N) is 1. The summed E-state index contributed by atoms with van der Waals surface area (Å²) in [6.45, 7) is 0. The van der Waals surface area contributed by atoms with Crippen molar-refractivity contribution in [3.63, 3.8) is 0 Å². The lowest BCUT2D eigenvalue weighted by Gasteiger charge is -2.29. The highest BCUT2D eigenvalue weighted by Crippen LogP contribution is 2.21. The minimum atomic E-state index is 0.164. The molecule has 1 fully saturated rings. The number of carbonyl (C=O) groups excluding carboxylic acids is 1. The van der Waals surface area contributed by atoms with Gasteiger partial charge in [0.05, 0.1) is 0 Å². The molecule has 3 atom stereocenters. The number of carbonyl (C=O) groups is 1. The Hall–Kier alpha value is -0.830. The van der Waals surface area contributed by atoms with Gasteiger partial charge in [0.1, 0.15) is 0 Å². The van der Waals surface area contributed by atoms with Crippen LogP contribution in [0.3, 0.4) is 0 Å². The second kappa shape index (κ2) is 5.48. The molecule has 3 unspecified atom stereocenters. The van der Waals surface area contributed by atoms with Crippen molar-refractivity contribution in [2.75, 3.05) is 0 Å². The zero-order chi connectivity index (χ0) is 11.4. The quantitative estimate of drug-likeness (QED) is 0.714. The van der Waals surface area contributed by atoms with Crippen LogP contribution in [0.15, 0.2) is 12.2 Å². The van der Waals surface area contributed by atoms with Crippen LogP contribution in [-0.2, 0) is 4.79 Å². The normalized spacial score (nSPS) is 33.9. The smallest absolute Gasteiger partial charge is 0.220 e. The van der Waals surface area contributed by atoms with Crippen molar-refractivity contribution in [3.8, 4) is 0 Å². The lowest BCUT2D eigenvalue weighted by molar-refractivity contribution is -0.122. The topological polar surface area (TPSA) is 55.1 Å². The van der Waals surface area contributed by atoms with E-state index in [0.29, 0.717) is 12.3 Å². The maximum absolute atomic E-state index is 11.8. The van der Waals surface area contributed by atoms with E-state index in [1.807, 2.05) is 0 Å². The number of hydrogen-bond acceptors (Lipinski definition) is 2. The summed E-state index contributed by atoms with van der Waals surface area (Å²) in [5, 5.41) is 3.10. The van der Waals surface area contributed by atoms with Crippen molar-refractivity contribution in [1.82, 2.24) is 5.32 Å². The predicted molar refractivity (Wildman–Crippen MR) is 64.9 cm³/mol. The second-order valence-electron chi connectivity index (χ2n) is 5.09. The molecule has 0 saturated heterocycles. The van der Waals surface area contributed by atoms with Crippen molar-refractivity contribution in [1.29, 1.82) is 0 Å². The molecule has 3 heteroatoms. The summed E-state index contributed by atoms with van der Waals surface area (Å²) < 4.78 is 0. The molecule has 90 valence electrons. The molecule has 0 spiro atoms. The van der Waals surface area contributed by atoms with E-state index in [-0.39, 0.29) is 18.0 Å². The monoisotopic (exact) mass is 222 g/mol. The Balaban J connectivity index is 1.75. The highest BCUT2D eigenvalue weighted by Gasteiger charge is 2.24. The highest BCUT2D eigenvalue weighted by molar-refractivity contribution is 5.76. The van der Waals surface area contributed by atoms with E-state index in [9.17, 15) is 4.79 Å². The van der Waals surface area contributed by atoms with Crippen molar-refractivity contribution >= 4 is 5.91 Å². The molecule has 2 aliphatic rings. The van der Waals surface area contributed by atoms with E-state index in [4.69, 9.17) is 5.73 Å². The molecule has 16 heavy (non-hydrogen) atoms. The summed E-state index contributed by atoms with van der Waals surface area (Å²) in [5.74, 6) is 0.638. The lowest BCUT2D eigenvalue weighted by Crippen LogP contribution is -2.49. The Kier molecular flexibility index (Phi) is 3.99. The zero-order valence-corrected chi connectivity index (χ0v) is 9.82. The van der Waals surface area contributed by atoms with Crippen LogP contribution in [0.2, 0.25) is 0 Å². The molecular formula is C13H22N2O. The lowest BCUT2D eigenvalue weighted by atomic mass is 9.90. The van der Waals surface area contributed by atoms with Gasteiger partial charge in [-0.1, -0.05) is 25.0 Å². The summed E-state index contributed by atoms with van der Waals surface area (Å²) in [5.41, 5.74) is 6.01. The Bertz CT molecular complexity index is 275. The van der Waals surface area contributed by atoms with E-state index in [1.54, 1.807) is 0 Å². The molecule has 1 saturated carbocycles. The molecule has 0 aromatic rings. The predicted octanol–water partition coefficient (Wildman–Crippen LogP) is 1.73. The number of hydrogen-bond donors (Lipinski definition) is 2. The third-order valence-corrected chi connectivity index (χ3v) is 3.73. The van der Waals surface area contributed by atoms with Crippen LogP contribution >= 0.6 is 0 Å². The zero-order valence-electron chi connectivity index (χ0n) is 9.82. The third kappa shape index (κ3) is 3.08. The molecule has 0 aromatic heterocycles. The number of allylic oxidation sites excluding steroid dienone is 2. The van der Waals surface area contributed by atoms with E-state index in [1.165, 1.54) is 12.8 Å². The summed E-state index contributed by atoms with van der Waals surface area (Å²) in [6, 6.07) is 0.378. The highest BCUT2D eigenvalue weighted by atomic mass is 16.1. The van der Waals surface area contributed by atoms with Gasteiger partial charge in [0.15, 0.2) is 0 Å². The standard InChI is InChI=1S/C13H22N2O/c14-11-7-3-4-8-12(11)15-13(16)9-10-5-1-2-6-10/h1,5,10-12H,2-4,6-9,14H2,(H,15,16). The molecular weight excluding hydrogens is 200 g/mol. The maximum atomic E-state index is 11.8. The van der Waals surface area contributed by atoms with Gasteiger partial charge in [-0.2, -0.15) is 0 Å². The third-order valence-electron chi connectivity index (χ3n) is 3.73. The van der Waals surface area contributed by atoms with Crippen LogP contribution in [0, 0.1) is 5.92 Å². The fraction of sp³-hybridized carbons (Fsp3) is 0.769. The molecule has 0 radical (unpaired) electrons. The van der Waals surface area contributed by atoms with E-state index in [2.05, 4.69) is 17.5 Å². The first-order valence-corrected chi connectivity index (χ1v) is 6.47. The minimum absolute atomic E-state index is 0.164. The minimum Gasteiger partial charge on any atom is -0.352 e. The van der Waals surface area contributed by atoms with Crippen LogP contribution in [0.5, 0.6) is 0 Å². The molecule has 0 aromatic carbocycles. The van der Waals surface area contributed by atoms with Gasteiger partial charge in [0, 0.05) is 18.5 Å². The Morgan fingerprint density at radius 2 is 2.12 bits per heavy atom. The summed E-state index contributed by atoms with van der Waals surface area (Å²) >= 11 is 0. The van der Waals surface area contributed by atoms with Gasteiger partial charge < -0.3 is 11.1 Å². The molecule has 1 amide bonds. The molecule has 3 N–H and O–H groups in total. The average molecular weight is 222 g/mol. The van der Waals surface area contributed by atoms with Crippen LogP contribution in [0.4, 0.5) is 0 Å². The van der Waals surface area contributed by atoms with Gasteiger partial charge in [0.2, 0.25) is 5.91 Å². The first-order chi connectivity index (χ1) is 7.75. The molecule has 0 aliphatic heterocycles. The Labute approximate surface area is 97.5 Å². The number of amides is 1. The van der Waals surface area contributed by atoms with E-state index >= 15 is 0 Å². The van der Waals surface area contributed by atoms with Crippen molar-refractivity contribution < 1.29 is 4.79 Å². The maximum Gasteiger partial charge on any atom is 0.220 e. The first kappa shape index (κ1) is 11.6. The van der Waals surface area contributed by atoms with Gasteiger partial charge >= 0.3 is 0 Å². The van der Waals surface area contributed by atoms with Crippen LogP contribution in [0.25, 0.3) is 0 Å². The molecule has 2 rings (SSSR count). The van der Waals surface area contributed by atoms with Gasteiger partial charge in [-0.25, -0.2) is 0 Å². The fourth-order valence-electron chi connectivity index (χ4n) is 2.71. The van der Waals surface area contributed by atoms with Crippen molar-refractivity contribution in [3.05, 3.63) is 12.2 Å². The van der Waals surface area contributed by atoms with Crippen molar-refractivity contribution in [2.45, 2.75) is 57.0 Å². The van der Waals surface area contributed by atoms with Crippen molar-refractivity contribution in [2.24, 2.45) is 11.7 Å². The van der Waals surface area contributed by atoms with Gasteiger partial charge in [-0.15, -0.1) is 0 Å². The molecule has 0 heterocycles.